The van der Waals surface area contributed by atoms with Crippen LogP contribution in [0.3, 0.4) is 0 Å². The zero-order valence-electron chi connectivity index (χ0n) is 12.4. The molecular formula is C14H31N3. The Kier molecular flexibility index (Phi) is 4.99. The van der Waals surface area contributed by atoms with Crippen molar-refractivity contribution in [1.82, 2.24) is 9.80 Å². The molecule has 1 aliphatic heterocycles. The van der Waals surface area contributed by atoms with E-state index in [-0.39, 0.29) is 5.54 Å². The Bertz CT molecular complexity index is 222. The molecule has 0 spiro atoms. The first-order valence-electron chi connectivity index (χ1n) is 6.92. The molecule has 102 valence electrons. The van der Waals surface area contributed by atoms with Gasteiger partial charge in [-0.15, -0.1) is 0 Å². The maximum atomic E-state index is 5.83. The molecule has 0 aromatic heterocycles. The highest BCUT2D eigenvalue weighted by Crippen LogP contribution is 2.20. The Morgan fingerprint density at radius 3 is 1.88 bits per heavy atom. The summed E-state index contributed by atoms with van der Waals surface area (Å²) in [6.45, 7) is 18.1. The van der Waals surface area contributed by atoms with E-state index in [2.05, 4.69) is 44.4 Å². The molecule has 0 saturated carbocycles. The number of nitrogens with zero attached hydrogens (tertiary/aromatic N) is 2. The molecule has 1 saturated heterocycles. The maximum absolute atomic E-state index is 5.83. The van der Waals surface area contributed by atoms with Crippen molar-refractivity contribution >= 4 is 0 Å². The Morgan fingerprint density at radius 1 is 0.941 bits per heavy atom. The lowest BCUT2D eigenvalue weighted by molar-refractivity contribution is 0.0526. The van der Waals surface area contributed by atoms with Crippen molar-refractivity contribution in [3.8, 4) is 0 Å². The minimum atomic E-state index is 0.163. The highest BCUT2D eigenvalue weighted by Gasteiger charge is 2.28. The van der Waals surface area contributed by atoms with Crippen LogP contribution in [0.1, 0.15) is 41.0 Å². The second kappa shape index (κ2) is 5.68. The molecule has 1 aliphatic rings. The van der Waals surface area contributed by atoms with Crippen molar-refractivity contribution in [2.45, 2.75) is 46.6 Å². The normalized spacial score (nSPS) is 20.8. The van der Waals surface area contributed by atoms with Crippen LogP contribution in [-0.4, -0.2) is 54.6 Å². The molecule has 1 rings (SSSR count). The van der Waals surface area contributed by atoms with Gasteiger partial charge in [0.1, 0.15) is 0 Å². The van der Waals surface area contributed by atoms with Gasteiger partial charge >= 0.3 is 0 Å². The van der Waals surface area contributed by atoms with E-state index in [0.717, 1.165) is 19.6 Å². The second-order valence-electron chi connectivity index (χ2n) is 7.16. The Hall–Kier alpha value is -0.120. The van der Waals surface area contributed by atoms with Crippen LogP contribution < -0.4 is 5.73 Å². The van der Waals surface area contributed by atoms with E-state index in [1.165, 1.54) is 26.1 Å². The van der Waals surface area contributed by atoms with E-state index in [1.54, 1.807) is 0 Å². The zero-order valence-corrected chi connectivity index (χ0v) is 12.4. The maximum Gasteiger partial charge on any atom is 0.0276 e. The fourth-order valence-electron chi connectivity index (χ4n) is 2.20. The zero-order chi connectivity index (χ0) is 13.1. The lowest BCUT2D eigenvalue weighted by atomic mass is 9.92. The van der Waals surface area contributed by atoms with E-state index >= 15 is 0 Å². The number of hydrogen-bond acceptors (Lipinski definition) is 3. The molecule has 3 nitrogen and oxygen atoms in total. The van der Waals surface area contributed by atoms with Gasteiger partial charge < -0.3 is 10.6 Å². The minimum Gasteiger partial charge on any atom is -0.329 e. The van der Waals surface area contributed by atoms with Gasteiger partial charge in [-0.2, -0.15) is 0 Å². The topological polar surface area (TPSA) is 32.5 Å². The van der Waals surface area contributed by atoms with Crippen molar-refractivity contribution in [2.75, 3.05) is 39.3 Å². The largest absolute Gasteiger partial charge is 0.329 e. The van der Waals surface area contributed by atoms with Gasteiger partial charge in [0.05, 0.1) is 0 Å². The van der Waals surface area contributed by atoms with E-state index in [9.17, 15) is 0 Å². The number of hydrogen-bond donors (Lipinski definition) is 1. The molecular weight excluding hydrogens is 210 g/mol. The monoisotopic (exact) mass is 241 g/mol. The van der Waals surface area contributed by atoms with Gasteiger partial charge in [-0.3, -0.25) is 4.90 Å². The summed E-state index contributed by atoms with van der Waals surface area (Å²) in [4.78, 5) is 5.12. The van der Waals surface area contributed by atoms with Crippen LogP contribution in [0.5, 0.6) is 0 Å². The molecule has 0 radical (unpaired) electrons. The summed E-state index contributed by atoms with van der Waals surface area (Å²) in [5.41, 5.74) is 6.45. The Morgan fingerprint density at radius 2 is 1.47 bits per heavy atom. The van der Waals surface area contributed by atoms with Crippen LogP contribution in [0.15, 0.2) is 0 Å². The first-order chi connectivity index (χ1) is 7.74. The third-order valence-corrected chi connectivity index (χ3v) is 3.91. The SMILES string of the molecule is CC(C)(C)CCN1CCN(C(C)(C)CN)CC1. The third-order valence-electron chi connectivity index (χ3n) is 3.91. The van der Waals surface area contributed by atoms with Crippen LogP contribution >= 0.6 is 0 Å². The second-order valence-corrected chi connectivity index (χ2v) is 7.16. The lowest BCUT2D eigenvalue weighted by Crippen LogP contribution is -2.57. The smallest absolute Gasteiger partial charge is 0.0276 e. The summed E-state index contributed by atoms with van der Waals surface area (Å²) in [5, 5.41) is 0. The van der Waals surface area contributed by atoms with E-state index in [0.29, 0.717) is 5.41 Å². The minimum absolute atomic E-state index is 0.163. The number of nitrogens with two attached hydrogens (primary N) is 1. The molecule has 17 heavy (non-hydrogen) atoms. The average Bonchev–Trinajstić information content (AvgIpc) is 2.26. The van der Waals surface area contributed by atoms with Crippen molar-refractivity contribution in [2.24, 2.45) is 11.1 Å². The van der Waals surface area contributed by atoms with Gasteiger partial charge in [-0.05, 0) is 32.2 Å². The van der Waals surface area contributed by atoms with Crippen LogP contribution in [0.2, 0.25) is 0 Å². The number of piperazine rings is 1. The Balaban J connectivity index is 2.31. The molecule has 0 aromatic carbocycles. The van der Waals surface area contributed by atoms with Crippen LogP contribution in [0, 0.1) is 5.41 Å². The quantitative estimate of drug-likeness (QED) is 0.814. The summed E-state index contributed by atoms with van der Waals surface area (Å²) in [6, 6.07) is 0. The third kappa shape index (κ3) is 4.94. The predicted molar refractivity (Wildman–Crippen MR) is 75.2 cm³/mol. The highest BCUT2D eigenvalue weighted by molar-refractivity contribution is 4.86. The molecule has 0 aromatic rings. The van der Waals surface area contributed by atoms with Crippen LogP contribution in [0.25, 0.3) is 0 Å². The van der Waals surface area contributed by atoms with Gasteiger partial charge in [-0.1, -0.05) is 20.8 Å². The molecule has 1 heterocycles. The molecule has 2 N–H and O–H groups in total. The van der Waals surface area contributed by atoms with E-state index in [4.69, 9.17) is 5.73 Å². The fourth-order valence-corrected chi connectivity index (χ4v) is 2.20. The van der Waals surface area contributed by atoms with Crippen molar-refractivity contribution in [3.63, 3.8) is 0 Å². The van der Waals surface area contributed by atoms with E-state index in [1.807, 2.05) is 0 Å². The first-order valence-corrected chi connectivity index (χ1v) is 6.92. The first kappa shape index (κ1) is 14.9. The highest BCUT2D eigenvalue weighted by atomic mass is 15.3. The summed E-state index contributed by atoms with van der Waals surface area (Å²) in [7, 11) is 0. The molecule has 0 unspecified atom stereocenters. The number of rotatable bonds is 4. The summed E-state index contributed by atoms with van der Waals surface area (Å²) in [5.74, 6) is 0. The summed E-state index contributed by atoms with van der Waals surface area (Å²) < 4.78 is 0. The van der Waals surface area contributed by atoms with Gasteiger partial charge in [0.25, 0.3) is 0 Å². The van der Waals surface area contributed by atoms with Gasteiger partial charge in [-0.25, -0.2) is 0 Å². The van der Waals surface area contributed by atoms with Gasteiger partial charge in [0, 0.05) is 38.3 Å². The lowest BCUT2D eigenvalue weighted by Gasteiger charge is -2.44. The van der Waals surface area contributed by atoms with Crippen LogP contribution in [0.4, 0.5) is 0 Å². The molecule has 0 bridgehead atoms. The molecule has 0 atom stereocenters. The van der Waals surface area contributed by atoms with Crippen LogP contribution in [-0.2, 0) is 0 Å². The summed E-state index contributed by atoms with van der Waals surface area (Å²) >= 11 is 0. The molecule has 0 aliphatic carbocycles. The van der Waals surface area contributed by atoms with Crippen molar-refractivity contribution < 1.29 is 0 Å². The van der Waals surface area contributed by atoms with Crippen molar-refractivity contribution in [1.29, 1.82) is 0 Å². The molecule has 0 amide bonds. The van der Waals surface area contributed by atoms with Crippen molar-refractivity contribution in [3.05, 3.63) is 0 Å². The summed E-state index contributed by atoms with van der Waals surface area (Å²) in [6.07, 6.45) is 1.29. The fraction of sp³-hybridized carbons (Fsp3) is 1.00. The van der Waals surface area contributed by atoms with Gasteiger partial charge in [0.2, 0.25) is 0 Å². The average molecular weight is 241 g/mol. The van der Waals surface area contributed by atoms with Gasteiger partial charge in [0.15, 0.2) is 0 Å². The molecule has 3 heteroatoms. The standard InChI is InChI=1S/C14H31N3/c1-13(2,3)6-7-16-8-10-17(11-9-16)14(4,5)12-15/h6-12,15H2,1-5H3. The predicted octanol–water partition coefficient (Wildman–Crippen LogP) is 1.78. The molecule has 1 fully saturated rings. The Labute approximate surface area is 107 Å². The van der Waals surface area contributed by atoms with E-state index < -0.39 is 0 Å².